The molecule has 0 aliphatic heterocycles. The lowest BCUT2D eigenvalue weighted by atomic mass is 10.1. The molecule has 1 aromatic carbocycles. The molecule has 0 radical (unpaired) electrons. The molecular weight excluding hydrogens is 425 g/mol. The van der Waals surface area contributed by atoms with Gasteiger partial charge in [-0.15, -0.1) is 24.0 Å². The van der Waals surface area contributed by atoms with Crippen molar-refractivity contribution in [3.05, 3.63) is 52.8 Å². The Kier molecular flexibility index (Phi) is 8.96. The third kappa shape index (κ3) is 6.02. The molecule has 2 aromatic rings. The SMILES string of the molecule is CCNC(=NCCc1c(C)nn(C)c1C)NC(C)c1ccccc1.I. The number of benzene rings is 1. The van der Waals surface area contributed by atoms with Crippen LogP contribution in [0, 0.1) is 13.8 Å². The highest BCUT2D eigenvalue weighted by atomic mass is 127. The van der Waals surface area contributed by atoms with E-state index in [1.807, 2.05) is 17.8 Å². The maximum atomic E-state index is 4.72. The summed E-state index contributed by atoms with van der Waals surface area (Å²) in [5, 5.41) is 11.3. The molecule has 0 aliphatic carbocycles. The third-order valence-electron chi connectivity index (χ3n) is 4.29. The van der Waals surface area contributed by atoms with Crippen LogP contribution in [-0.4, -0.2) is 28.8 Å². The summed E-state index contributed by atoms with van der Waals surface area (Å²) in [5.74, 6) is 0.855. The van der Waals surface area contributed by atoms with Crippen LogP contribution in [0.4, 0.5) is 0 Å². The lowest BCUT2D eigenvalue weighted by Gasteiger charge is -2.18. The Morgan fingerprint density at radius 1 is 1.24 bits per heavy atom. The Bertz CT molecular complexity index is 679. The van der Waals surface area contributed by atoms with Crippen molar-refractivity contribution in [1.29, 1.82) is 0 Å². The first kappa shape index (κ1) is 21.5. The van der Waals surface area contributed by atoms with Crippen LogP contribution < -0.4 is 10.6 Å². The fraction of sp³-hybridized carbons (Fsp3) is 0.474. The average molecular weight is 455 g/mol. The molecule has 1 unspecified atom stereocenters. The van der Waals surface area contributed by atoms with Crippen LogP contribution in [0.1, 0.15) is 42.4 Å². The Morgan fingerprint density at radius 3 is 2.48 bits per heavy atom. The van der Waals surface area contributed by atoms with Crippen LogP contribution in [0.25, 0.3) is 0 Å². The van der Waals surface area contributed by atoms with E-state index < -0.39 is 0 Å². The predicted molar refractivity (Wildman–Crippen MR) is 116 cm³/mol. The van der Waals surface area contributed by atoms with Crippen LogP contribution >= 0.6 is 24.0 Å². The van der Waals surface area contributed by atoms with Gasteiger partial charge in [0.25, 0.3) is 0 Å². The topological polar surface area (TPSA) is 54.2 Å². The van der Waals surface area contributed by atoms with Gasteiger partial charge in [-0.2, -0.15) is 5.10 Å². The second-order valence-electron chi connectivity index (χ2n) is 6.06. The number of nitrogens with zero attached hydrogens (tertiary/aromatic N) is 3. The van der Waals surface area contributed by atoms with Crippen molar-refractivity contribution in [2.45, 2.75) is 40.2 Å². The molecule has 0 bridgehead atoms. The fourth-order valence-corrected chi connectivity index (χ4v) is 2.81. The number of rotatable bonds is 6. The maximum Gasteiger partial charge on any atom is 0.191 e. The molecule has 1 aromatic heterocycles. The van der Waals surface area contributed by atoms with E-state index in [1.165, 1.54) is 16.8 Å². The Hall–Kier alpha value is -1.57. The minimum Gasteiger partial charge on any atom is -0.357 e. The van der Waals surface area contributed by atoms with Gasteiger partial charge in [-0.3, -0.25) is 9.67 Å². The van der Waals surface area contributed by atoms with Crippen molar-refractivity contribution < 1.29 is 0 Å². The predicted octanol–water partition coefficient (Wildman–Crippen LogP) is 3.51. The molecule has 2 N–H and O–H groups in total. The molecule has 0 saturated carbocycles. The third-order valence-corrected chi connectivity index (χ3v) is 4.29. The van der Waals surface area contributed by atoms with Crippen molar-refractivity contribution in [3.63, 3.8) is 0 Å². The normalized spacial score (nSPS) is 12.4. The zero-order chi connectivity index (χ0) is 17.5. The van der Waals surface area contributed by atoms with E-state index in [9.17, 15) is 0 Å². The quantitative estimate of drug-likeness (QED) is 0.398. The van der Waals surface area contributed by atoms with Gasteiger partial charge in [0.1, 0.15) is 0 Å². The van der Waals surface area contributed by atoms with Crippen LogP contribution in [0.15, 0.2) is 35.3 Å². The van der Waals surface area contributed by atoms with Gasteiger partial charge in [0.15, 0.2) is 5.96 Å². The molecule has 138 valence electrons. The summed E-state index contributed by atoms with van der Waals surface area (Å²) in [6.07, 6.45) is 0.905. The van der Waals surface area contributed by atoms with E-state index in [2.05, 4.69) is 67.7 Å². The summed E-state index contributed by atoms with van der Waals surface area (Å²) in [5.41, 5.74) is 4.87. The first-order valence-electron chi connectivity index (χ1n) is 8.61. The van der Waals surface area contributed by atoms with Crippen molar-refractivity contribution in [2.24, 2.45) is 12.0 Å². The molecular formula is C19H30IN5. The van der Waals surface area contributed by atoms with E-state index >= 15 is 0 Å². The van der Waals surface area contributed by atoms with Gasteiger partial charge in [0.05, 0.1) is 11.7 Å². The van der Waals surface area contributed by atoms with E-state index in [0.29, 0.717) is 0 Å². The zero-order valence-electron chi connectivity index (χ0n) is 15.8. The van der Waals surface area contributed by atoms with E-state index in [-0.39, 0.29) is 30.0 Å². The minimum atomic E-state index is 0. The highest BCUT2D eigenvalue weighted by Crippen LogP contribution is 2.13. The molecule has 1 heterocycles. The summed E-state index contributed by atoms with van der Waals surface area (Å²) in [6, 6.07) is 10.6. The van der Waals surface area contributed by atoms with Gasteiger partial charge in [0.2, 0.25) is 0 Å². The van der Waals surface area contributed by atoms with Gasteiger partial charge in [-0.05, 0) is 45.2 Å². The van der Waals surface area contributed by atoms with Crippen molar-refractivity contribution >= 4 is 29.9 Å². The van der Waals surface area contributed by atoms with Crippen molar-refractivity contribution in [3.8, 4) is 0 Å². The highest BCUT2D eigenvalue weighted by Gasteiger charge is 2.10. The number of hydrogen-bond donors (Lipinski definition) is 2. The van der Waals surface area contributed by atoms with Crippen molar-refractivity contribution in [1.82, 2.24) is 20.4 Å². The Morgan fingerprint density at radius 2 is 1.92 bits per heavy atom. The molecule has 1 atom stereocenters. The van der Waals surface area contributed by atoms with Crippen LogP contribution in [0.3, 0.4) is 0 Å². The average Bonchev–Trinajstić information content (AvgIpc) is 2.81. The van der Waals surface area contributed by atoms with Gasteiger partial charge < -0.3 is 10.6 Å². The van der Waals surface area contributed by atoms with Crippen LogP contribution in [-0.2, 0) is 13.5 Å². The Labute approximate surface area is 168 Å². The highest BCUT2D eigenvalue weighted by molar-refractivity contribution is 14.0. The van der Waals surface area contributed by atoms with Gasteiger partial charge in [-0.1, -0.05) is 30.3 Å². The van der Waals surface area contributed by atoms with E-state index in [4.69, 9.17) is 4.99 Å². The number of aromatic nitrogens is 2. The Balaban J connectivity index is 0.00000312. The number of aliphatic imine (C=N–C) groups is 1. The first-order valence-corrected chi connectivity index (χ1v) is 8.61. The molecule has 0 saturated heterocycles. The number of halogens is 1. The number of aryl methyl sites for hydroxylation is 2. The number of guanidine groups is 1. The minimum absolute atomic E-state index is 0. The molecule has 6 heteroatoms. The molecule has 2 rings (SSSR count). The molecule has 0 spiro atoms. The number of hydrogen-bond acceptors (Lipinski definition) is 2. The maximum absolute atomic E-state index is 4.72. The molecule has 25 heavy (non-hydrogen) atoms. The van der Waals surface area contributed by atoms with E-state index in [1.54, 1.807) is 0 Å². The molecule has 0 aliphatic rings. The van der Waals surface area contributed by atoms with Gasteiger partial charge in [0, 0.05) is 25.8 Å². The van der Waals surface area contributed by atoms with Crippen LogP contribution in [0.5, 0.6) is 0 Å². The lowest BCUT2D eigenvalue weighted by Crippen LogP contribution is -2.38. The number of nitrogens with one attached hydrogen (secondary N) is 2. The summed E-state index contributed by atoms with van der Waals surface area (Å²) in [6.45, 7) is 9.99. The van der Waals surface area contributed by atoms with Gasteiger partial charge >= 0.3 is 0 Å². The summed E-state index contributed by atoms with van der Waals surface area (Å²) < 4.78 is 1.94. The smallest absolute Gasteiger partial charge is 0.191 e. The monoisotopic (exact) mass is 455 g/mol. The molecule has 0 amide bonds. The zero-order valence-corrected chi connectivity index (χ0v) is 18.2. The summed E-state index contributed by atoms with van der Waals surface area (Å²) in [4.78, 5) is 4.72. The molecule has 0 fully saturated rings. The second kappa shape index (κ2) is 10.4. The fourth-order valence-electron chi connectivity index (χ4n) is 2.81. The van der Waals surface area contributed by atoms with E-state index in [0.717, 1.165) is 31.2 Å². The van der Waals surface area contributed by atoms with Crippen LogP contribution in [0.2, 0.25) is 0 Å². The van der Waals surface area contributed by atoms with Gasteiger partial charge in [-0.25, -0.2) is 0 Å². The standard InChI is InChI=1S/C19H29N5.HI/c1-6-20-19(22-14(2)17-10-8-7-9-11-17)21-13-12-18-15(3)23-24(5)16(18)4;/h7-11,14H,6,12-13H2,1-5H3,(H2,20,21,22);1H. The lowest BCUT2D eigenvalue weighted by molar-refractivity contribution is 0.686. The van der Waals surface area contributed by atoms with Crippen molar-refractivity contribution in [2.75, 3.05) is 13.1 Å². The largest absolute Gasteiger partial charge is 0.357 e. The first-order chi connectivity index (χ1) is 11.5. The summed E-state index contributed by atoms with van der Waals surface area (Å²) >= 11 is 0. The molecule has 5 nitrogen and oxygen atoms in total. The second-order valence-corrected chi connectivity index (χ2v) is 6.06. The summed E-state index contributed by atoms with van der Waals surface area (Å²) in [7, 11) is 1.99.